The molecule has 0 bridgehead atoms. The van der Waals surface area contributed by atoms with Gasteiger partial charge in [0.25, 0.3) is 0 Å². The first-order valence-corrected chi connectivity index (χ1v) is 5.41. The number of rotatable bonds is 5. The summed E-state index contributed by atoms with van der Waals surface area (Å²) in [5.41, 5.74) is 0.408. The summed E-state index contributed by atoms with van der Waals surface area (Å²) >= 11 is 0. The van der Waals surface area contributed by atoms with Gasteiger partial charge in [0.1, 0.15) is 5.75 Å². The number of aromatic nitrogens is 1. The first-order chi connectivity index (χ1) is 7.71. The van der Waals surface area contributed by atoms with Gasteiger partial charge in [0, 0.05) is 6.20 Å². The quantitative estimate of drug-likeness (QED) is 0.719. The highest BCUT2D eigenvalue weighted by atomic mass is 16.5. The topological polar surface area (TPSA) is 48.4 Å². The molecular weight excluding hydrogens is 206 g/mol. The van der Waals surface area contributed by atoms with Gasteiger partial charge in [-0.25, -0.2) is 4.79 Å². The monoisotopic (exact) mass is 223 g/mol. The summed E-state index contributed by atoms with van der Waals surface area (Å²) < 4.78 is 10.3. The second-order valence-corrected chi connectivity index (χ2v) is 3.46. The number of hydrogen-bond acceptors (Lipinski definition) is 4. The number of hydrogen-bond donors (Lipinski definition) is 0. The fraction of sp³-hybridized carbons (Fsp3) is 0.500. The second kappa shape index (κ2) is 6.10. The highest BCUT2D eigenvalue weighted by molar-refractivity contribution is 5.89. The minimum Gasteiger partial charge on any atom is -0.489 e. The van der Waals surface area contributed by atoms with E-state index in [-0.39, 0.29) is 6.10 Å². The Morgan fingerprint density at radius 3 is 2.62 bits per heavy atom. The maximum atomic E-state index is 11.3. The van der Waals surface area contributed by atoms with Crippen molar-refractivity contribution in [3.05, 3.63) is 24.0 Å². The number of nitrogens with zero attached hydrogens (tertiary/aromatic N) is 1. The van der Waals surface area contributed by atoms with Crippen LogP contribution in [0, 0.1) is 0 Å². The van der Waals surface area contributed by atoms with Crippen molar-refractivity contribution in [3.8, 4) is 5.75 Å². The predicted octanol–water partition coefficient (Wildman–Crippen LogP) is 2.44. The molecule has 0 spiro atoms. The number of carbonyl (C=O) groups excluding carboxylic acids is 1. The Balaban J connectivity index is 2.78. The molecule has 0 aliphatic carbocycles. The van der Waals surface area contributed by atoms with E-state index in [9.17, 15) is 4.79 Å². The van der Waals surface area contributed by atoms with Crippen molar-refractivity contribution in [2.24, 2.45) is 0 Å². The smallest absolute Gasteiger partial charge is 0.339 e. The van der Waals surface area contributed by atoms with Crippen LogP contribution >= 0.6 is 0 Å². The Morgan fingerprint density at radius 2 is 2.06 bits per heavy atom. The highest BCUT2D eigenvalue weighted by Gasteiger charge is 2.09. The van der Waals surface area contributed by atoms with Crippen molar-refractivity contribution < 1.29 is 14.3 Å². The molecule has 0 fully saturated rings. The third kappa shape index (κ3) is 3.22. The van der Waals surface area contributed by atoms with Gasteiger partial charge in [-0.2, -0.15) is 0 Å². The van der Waals surface area contributed by atoms with Crippen LogP contribution in [0.4, 0.5) is 0 Å². The third-order valence-corrected chi connectivity index (χ3v) is 2.35. The molecule has 0 N–H and O–H groups in total. The van der Waals surface area contributed by atoms with Crippen molar-refractivity contribution in [2.75, 3.05) is 7.11 Å². The van der Waals surface area contributed by atoms with Crippen molar-refractivity contribution in [1.82, 2.24) is 4.98 Å². The van der Waals surface area contributed by atoms with Gasteiger partial charge in [0.05, 0.1) is 25.0 Å². The molecule has 0 saturated carbocycles. The zero-order chi connectivity index (χ0) is 12.0. The molecule has 16 heavy (non-hydrogen) atoms. The largest absolute Gasteiger partial charge is 0.489 e. The Bertz CT molecular complexity index is 348. The van der Waals surface area contributed by atoms with Crippen molar-refractivity contribution in [1.29, 1.82) is 0 Å². The van der Waals surface area contributed by atoms with Crippen molar-refractivity contribution in [3.63, 3.8) is 0 Å². The molecule has 4 nitrogen and oxygen atoms in total. The fourth-order valence-corrected chi connectivity index (χ4v) is 1.36. The summed E-state index contributed by atoms with van der Waals surface area (Å²) in [5, 5.41) is 0. The van der Waals surface area contributed by atoms with E-state index in [2.05, 4.69) is 23.6 Å². The lowest BCUT2D eigenvalue weighted by Crippen LogP contribution is -2.14. The van der Waals surface area contributed by atoms with Crippen LogP contribution in [0.2, 0.25) is 0 Å². The molecule has 0 amide bonds. The molecule has 88 valence electrons. The van der Waals surface area contributed by atoms with Gasteiger partial charge in [-0.05, 0) is 18.9 Å². The summed E-state index contributed by atoms with van der Waals surface area (Å²) in [6.45, 7) is 4.12. The zero-order valence-corrected chi connectivity index (χ0v) is 9.90. The lowest BCUT2D eigenvalue weighted by Gasteiger charge is -2.15. The predicted molar refractivity (Wildman–Crippen MR) is 60.6 cm³/mol. The summed E-state index contributed by atoms with van der Waals surface area (Å²) in [6.07, 6.45) is 5.09. The molecule has 4 heteroatoms. The maximum Gasteiger partial charge on any atom is 0.339 e. The molecule has 0 unspecified atom stereocenters. The molecule has 1 aromatic heterocycles. The van der Waals surface area contributed by atoms with E-state index in [1.807, 2.05) is 0 Å². The van der Waals surface area contributed by atoms with Gasteiger partial charge in [-0.15, -0.1) is 0 Å². The molecule has 0 aliphatic heterocycles. The Labute approximate surface area is 95.6 Å². The maximum absolute atomic E-state index is 11.3. The van der Waals surface area contributed by atoms with E-state index in [1.54, 1.807) is 12.3 Å². The van der Waals surface area contributed by atoms with E-state index in [0.717, 1.165) is 12.8 Å². The Kier molecular flexibility index (Phi) is 4.76. The zero-order valence-electron chi connectivity index (χ0n) is 9.90. The average Bonchev–Trinajstić information content (AvgIpc) is 2.35. The van der Waals surface area contributed by atoms with Gasteiger partial charge in [0.15, 0.2) is 0 Å². The summed E-state index contributed by atoms with van der Waals surface area (Å²) in [7, 11) is 1.34. The molecule has 0 saturated heterocycles. The lowest BCUT2D eigenvalue weighted by molar-refractivity contribution is 0.0599. The Hall–Kier alpha value is -1.58. The van der Waals surface area contributed by atoms with Gasteiger partial charge < -0.3 is 9.47 Å². The van der Waals surface area contributed by atoms with E-state index in [0.29, 0.717) is 11.3 Å². The van der Waals surface area contributed by atoms with Crippen LogP contribution in [0.15, 0.2) is 18.5 Å². The average molecular weight is 223 g/mol. The van der Waals surface area contributed by atoms with Crippen LogP contribution in [-0.2, 0) is 4.74 Å². The lowest BCUT2D eigenvalue weighted by atomic mass is 10.2. The summed E-state index contributed by atoms with van der Waals surface area (Å²) in [4.78, 5) is 15.2. The van der Waals surface area contributed by atoms with E-state index in [4.69, 9.17) is 4.74 Å². The Morgan fingerprint density at radius 1 is 1.38 bits per heavy atom. The normalized spacial score (nSPS) is 10.2. The van der Waals surface area contributed by atoms with Crippen molar-refractivity contribution >= 4 is 5.97 Å². The van der Waals surface area contributed by atoms with Crippen molar-refractivity contribution in [2.45, 2.75) is 32.8 Å². The van der Waals surface area contributed by atoms with Gasteiger partial charge in [-0.3, -0.25) is 4.98 Å². The molecule has 1 rings (SSSR count). The molecular formula is C12H17NO3. The number of carbonyl (C=O) groups is 1. The first-order valence-electron chi connectivity index (χ1n) is 5.41. The van der Waals surface area contributed by atoms with Crippen LogP contribution in [0.1, 0.15) is 37.0 Å². The minimum atomic E-state index is -0.400. The molecule has 1 heterocycles. The number of ether oxygens (including phenoxy) is 2. The van der Waals surface area contributed by atoms with Gasteiger partial charge in [-0.1, -0.05) is 13.8 Å². The number of pyridine rings is 1. The van der Waals surface area contributed by atoms with Crippen LogP contribution in [-0.4, -0.2) is 24.2 Å². The van der Waals surface area contributed by atoms with E-state index >= 15 is 0 Å². The minimum absolute atomic E-state index is 0.162. The van der Waals surface area contributed by atoms with Gasteiger partial charge >= 0.3 is 5.97 Å². The molecule has 0 aromatic carbocycles. The van der Waals surface area contributed by atoms with E-state index in [1.165, 1.54) is 13.3 Å². The first kappa shape index (κ1) is 12.5. The summed E-state index contributed by atoms with van der Waals surface area (Å²) in [5.74, 6) is 0.207. The van der Waals surface area contributed by atoms with Crippen LogP contribution < -0.4 is 4.74 Å². The van der Waals surface area contributed by atoms with E-state index < -0.39 is 5.97 Å². The molecule has 0 atom stereocenters. The summed E-state index contributed by atoms with van der Waals surface area (Å²) in [6, 6.07) is 1.65. The van der Waals surface area contributed by atoms with Crippen LogP contribution in [0.25, 0.3) is 0 Å². The SMILES string of the molecule is CCC(CC)Oc1cncc(C(=O)OC)c1. The third-order valence-electron chi connectivity index (χ3n) is 2.35. The number of methoxy groups -OCH3 is 1. The highest BCUT2D eigenvalue weighted by Crippen LogP contribution is 2.16. The van der Waals surface area contributed by atoms with Crippen LogP contribution in [0.3, 0.4) is 0 Å². The molecule has 0 aliphatic rings. The number of esters is 1. The van der Waals surface area contributed by atoms with Gasteiger partial charge in [0.2, 0.25) is 0 Å². The molecule has 0 radical (unpaired) electrons. The second-order valence-electron chi connectivity index (χ2n) is 3.46. The van der Waals surface area contributed by atoms with Crippen LogP contribution in [0.5, 0.6) is 5.75 Å². The molecule has 1 aromatic rings. The standard InChI is InChI=1S/C12H17NO3/c1-4-10(5-2)16-11-6-9(7-13-8-11)12(14)15-3/h6-8,10H,4-5H2,1-3H3. The fourth-order valence-electron chi connectivity index (χ4n) is 1.36.